The maximum atomic E-state index is 14.2. The van der Waals surface area contributed by atoms with E-state index >= 15 is 0 Å². The zero-order valence-corrected chi connectivity index (χ0v) is 18.1. The fraction of sp³-hybridized carbons (Fsp3) is 0.692. The highest BCUT2D eigenvalue weighted by molar-refractivity contribution is 5.28. The van der Waals surface area contributed by atoms with Crippen molar-refractivity contribution in [1.29, 1.82) is 0 Å². The standard InChI is InChI=1S/C26H38F2O/c1-3-4-5-19-6-8-20(9-7-19)10-11-21-12-14-22(15-13-21)23-16-25(27)24(18-29-2)26(28)17-23/h3,16-17,19-22H,1,4-15,18H2,2H3. The lowest BCUT2D eigenvalue weighted by Crippen LogP contribution is -2.18. The molecule has 0 spiro atoms. The average Bonchev–Trinajstić information content (AvgIpc) is 2.74. The third kappa shape index (κ3) is 6.38. The summed E-state index contributed by atoms with van der Waals surface area (Å²) in [7, 11) is 1.46. The molecule has 0 saturated heterocycles. The molecule has 162 valence electrons. The fourth-order valence-electron chi connectivity index (χ4n) is 5.56. The summed E-state index contributed by atoms with van der Waals surface area (Å²) in [5, 5.41) is 0. The van der Waals surface area contributed by atoms with E-state index < -0.39 is 11.6 Å². The maximum Gasteiger partial charge on any atom is 0.131 e. The molecule has 0 unspecified atom stereocenters. The van der Waals surface area contributed by atoms with Gasteiger partial charge in [0.05, 0.1) is 6.61 Å². The van der Waals surface area contributed by atoms with Crippen LogP contribution < -0.4 is 0 Å². The Morgan fingerprint density at radius 3 is 1.83 bits per heavy atom. The van der Waals surface area contributed by atoms with E-state index in [0.29, 0.717) is 5.92 Å². The Labute approximate surface area is 175 Å². The molecule has 2 saturated carbocycles. The van der Waals surface area contributed by atoms with Crippen molar-refractivity contribution in [1.82, 2.24) is 0 Å². The minimum atomic E-state index is -0.465. The molecule has 0 aromatic heterocycles. The minimum absolute atomic E-state index is 0.0130. The van der Waals surface area contributed by atoms with Gasteiger partial charge in [-0.05, 0) is 79.9 Å². The van der Waals surface area contributed by atoms with Crippen LogP contribution in [0.15, 0.2) is 24.8 Å². The van der Waals surface area contributed by atoms with Crippen molar-refractivity contribution in [3.05, 3.63) is 47.5 Å². The van der Waals surface area contributed by atoms with Crippen LogP contribution in [0, 0.1) is 29.4 Å². The number of rotatable bonds is 9. The van der Waals surface area contributed by atoms with Crippen LogP contribution >= 0.6 is 0 Å². The van der Waals surface area contributed by atoms with Gasteiger partial charge in [-0.15, -0.1) is 6.58 Å². The van der Waals surface area contributed by atoms with Gasteiger partial charge in [-0.25, -0.2) is 8.78 Å². The van der Waals surface area contributed by atoms with E-state index in [2.05, 4.69) is 12.7 Å². The summed E-state index contributed by atoms with van der Waals surface area (Å²) in [6, 6.07) is 3.07. The Kier molecular flexibility index (Phi) is 8.71. The fourth-order valence-corrected chi connectivity index (χ4v) is 5.56. The van der Waals surface area contributed by atoms with E-state index in [0.717, 1.165) is 36.2 Å². The van der Waals surface area contributed by atoms with Gasteiger partial charge < -0.3 is 4.74 Å². The van der Waals surface area contributed by atoms with Gasteiger partial charge in [0.15, 0.2) is 0 Å². The molecule has 2 aliphatic carbocycles. The van der Waals surface area contributed by atoms with Gasteiger partial charge in [0.1, 0.15) is 11.6 Å². The van der Waals surface area contributed by atoms with Crippen LogP contribution in [0.3, 0.4) is 0 Å². The van der Waals surface area contributed by atoms with E-state index in [1.54, 1.807) is 0 Å². The van der Waals surface area contributed by atoms with Crippen molar-refractivity contribution in [2.45, 2.75) is 89.6 Å². The minimum Gasteiger partial charge on any atom is -0.380 e. The second-order valence-electron chi connectivity index (χ2n) is 9.44. The summed E-state index contributed by atoms with van der Waals surface area (Å²) in [6.45, 7) is 3.83. The number of methoxy groups -OCH3 is 1. The summed E-state index contributed by atoms with van der Waals surface area (Å²) in [6.07, 6.45) is 17.4. The van der Waals surface area contributed by atoms with Gasteiger partial charge in [-0.1, -0.05) is 44.6 Å². The molecule has 3 heteroatoms. The molecule has 1 aromatic carbocycles. The van der Waals surface area contributed by atoms with Crippen LogP contribution in [-0.2, 0) is 11.3 Å². The molecule has 2 aliphatic rings. The van der Waals surface area contributed by atoms with Crippen molar-refractivity contribution in [3.8, 4) is 0 Å². The summed E-state index contributed by atoms with van der Waals surface area (Å²) >= 11 is 0. The highest BCUT2D eigenvalue weighted by atomic mass is 19.1. The average molecular weight is 405 g/mol. The molecule has 1 aromatic rings. The van der Waals surface area contributed by atoms with Crippen LogP contribution in [0.1, 0.15) is 94.1 Å². The summed E-state index contributed by atoms with van der Waals surface area (Å²) in [4.78, 5) is 0. The van der Waals surface area contributed by atoms with Gasteiger partial charge in [-0.3, -0.25) is 0 Å². The van der Waals surface area contributed by atoms with Gasteiger partial charge >= 0.3 is 0 Å². The SMILES string of the molecule is C=CCCC1CCC(CCC2CCC(c3cc(F)c(COC)c(F)c3)CC2)CC1. The van der Waals surface area contributed by atoms with Crippen LogP contribution in [0.5, 0.6) is 0 Å². The number of ether oxygens (including phenoxy) is 1. The molecule has 0 bridgehead atoms. The van der Waals surface area contributed by atoms with E-state index in [1.807, 2.05) is 0 Å². The smallest absolute Gasteiger partial charge is 0.131 e. The molecule has 1 nitrogen and oxygen atoms in total. The first-order chi connectivity index (χ1) is 14.1. The highest BCUT2D eigenvalue weighted by Gasteiger charge is 2.26. The predicted molar refractivity (Wildman–Crippen MR) is 116 cm³/mol. The molecular formula is C26H38F2O. The van der Waals surface area contributed by atoms with Gasteiger partial charge in [0.2, 0.25) is 0 Å². The maximum absolute atomic E-state index is 14.2. The Hall–Kier alpha value is -1.22. The third-order valence-electron chi connectivity index (χ3n) is 7.50. The number of halogens is 2. The summed E-state index contributed by atoms with van der Waals surface area (Å²) < 4.78 is 33.4. The largest absolute Gasteiger partial charge is 0.380 e. The van der Waals surface area contributed by atoms with Crippen LogP contribution in [0.25, 0.3) is 0 Å². The van der Waals surface area contributed by atoms with Crippen LogP contribution in [-0.4, -0.2) is 7.11 Å². The number of hydrogen-bond acceptors (Lipinski definition) is 1. The molecule has 29 heavy (non-hydrogen) atoms. The first kappa shape index (κ1) is 22.5. The Bertz CT molecular complexity index is 617. The zero-order chi connectivity index (χ0) is 20.6. The van der Waals surface area contributed by atoms with E-state index in [1.165, 1.54) is 83.5 Å². The summed E-state index contributed by atoms with van der Waals surface area (Å²) in [5.41, 5.74) is 0.875. The second-order valence-corrected chi connectivity index (χ2v) is 9.44. The lowest BCUT2D eigenvalue weighted by Gasteiger charge is -2.32. The Balaban J connectivity index is 1.40. The topological polar surface area (TPSA) is 9.23 Å². The molecule has 0 aliphatic heterocycles. The van der Waals surface area contributed by atoms with Crippen LogP contribution in [0.4, 0.5) is 8.78 Å². The highest BCUT2D eigenvalue weighted by Crippen LogP contribution is 2.40. The Morgan fingerprint density at radius 1 is 0.862 bits per heavy atom. The first-order valence-corrected chi connectivity index (χ1v) is 11.7. The molecule has 0 amide bonds. The van der Waals surface area contributed by atoms with Crippen molar-refractivity contribution in [3.63, 3.8) is 0 Å². The molecule has 0 atom stereocenters. The quantitative estimate of drug-likeness (QED) is 0.380. The molecule has 0 radical (unpaired) electrons. The summed E-state index contributed by atoms with van der Waals surface area (Å²) in [5.74, 6) is 2.01. The van der Waals surface area contributed by atoms with Crippen molar-refractivity contribution >= 4 is 0 Å². The molecular weight excluding hydrogens is 366 g/mol. The normalized spacial score (nSPS) is 27.7. The van der Waals surface area contributed by atoms with E-state index in [-0.39, 0.29) is 12.2 Å². The third-order valence-corrected chi connectivity index (χ3v) is 7.50. The van der Waals surface area contributed by atoms with E-state index in [4.69, 9.17) is 4.74 Å². The van der Waals surface area contributed by atoms with Crippen molar-refractivity contribution in [2.24, 2.45) is 17.8 Å². The number of allylic oxidation sites excluding steroid dienone is 1. The van der Waals surface area contributed by atoms with Gasteiger partial charge in [-0.2, -0.15) is 0 Å². The predicted octanol–water partition coefficient (Wildman–Crippen LogP) is 7.94. The molecule has 2 fully saturated rings. The van der Waals surface area contributed by atoms with Crippen molar-refractivity contribution in [2.75, 3.05) is 7.11 Å². The Morgan fingerprint density at radius 2 is 1.34 bits per heavy atom. The number of hydrogen-bond donors (Lipinski definition) is 0. The lowest BCUT2D eigenvalue weighted by molar-refractivity contribution is 0.177. The second kappa shape index (κ2) is 11.2. The molecule has 0 N–H and O–H groups in total. The molecule has 0 heterocycles. The molecule has 3 rings (SSSR count). The lowest BCUT2D eigenvalue weighted by atomic mass is 9.74. The number of benzene rings is 1. The van der Waals surface area contributed by atoms with Gasteiger partial charge in [0.25, 0.3) is 0 Å². The van der Waals surface area contributed by atoms with E-state index in [9.17, 15) is 8.78 Å². The van der Waals surface area contributed by atoms with Gasteiger partial charge in [0, 0.05) is 12.7 Å². The zero-order valence-electron chi connectivity index (χ0n) is 18.1. The van der Waals surface area contributed by atoms with Crippen molar-refractivity contribution < 1.29 is 13.5 Å². The van der Waals surface area contributed by atoms with Crippen LogP contribution in [0.2, 0.25) is 0 Å². The monoisotopic (exact) mass is 404 g/mol. The first-order valence-electron chi connectivity index (χ1n) is 11.7.